The molecule has 0 bridgehead atoms. The number of nitrogens with two attached hydrogens (primary N) is 1. The molecular weight excluding hydrogens is 392 g/mol. The summed E-state index contributed by atoms with van der Waals surface area (Å²) in [6.45, 7) is 0. The quantitative estimate of drug-likeness (QED) is 0.432. The second kappa shape index (κ2) is 10.6. The van der Waals surface area contributed by atoms with Gasteiger partial charge in [0.1, 0.15) is 0 Å². The van der Waals surface area contributed by atoms with E-state index in [1.54, 1.807) is 22.5 Å². The van der Waals surface area contributed by atoms with Gasteiger partial charge in [-0.1, -0.05) is 74.9 Å². The summed E-state index contributed by atoms with van der Waals surface area (Å²) in [7, 11) is 0. The van der Waals surface area contributed by atoms with Crippen LogP contribution in [0.3, 0.4) is 0 Å². The third-order valence-corrected chi connectivity index (χ3v) is 8.12. The van der Waals surface area contributed by atoms with Gasteiger partial charge in [0.25, 0.3) is 0 Å². The molecule has 2 aliphatic carbocycles. The first-order valence-corrected chi connectivity index (χ1v) is 12.9. The second-order valence-corrected chi connectivity index (χ2v) is 10.3. The van der Waals surface area contributed by atoms with E-state index in [9.17, 15) is 0 Å². The fourth-order valence-electron chi connectivity index (χ4n) is 4.98. The molecule has 0 aliphatic heterocycles. The van der Waals surface area contributed by atoms with E-state index in [4.69, 9.17) is 5.14 Å². The van der Waals surface area contributed by atoms with Crippen LogP contribution < -0.4 is 5.14 Å². The topological polar surface area (TPSA) is 38.9 Å². The monoisotopic (exact) mass is 424 g/mol. The Morgan fingerprint density at radius 2 is 1.24 bits per heavy atom. The minimum Gasteiger partial charge on any atom is -0.272 e. The van der Waals surface area contributed by atoms with Crippen LogP contribution >= 0.6 is 23.3 Å². The molecule has 3 aromatic rings. The zero-order valence-electron chi connectivity index (χ0n) is 17.2. The number of hydrogen-bond acceptors (Lipinski definition) is 4. The zero-order chi connectivity index (χ0) is 19.9. The maximum absolute atomic E-state index is 5.38. The predicted molar refractivity (Wildman–Crippen MR) is 128 cm³/mol. The van der Waals surface area contributed by atoms with Gasteiger partial charge < -0.3 is 0 Å². The average Bonchev–Trinajstić information content (AvgIpc) is 3.24. The number of benzene rings is 2. The number of thiazole rings is 1. The van der Waals surface area contributed by atoms with Crippen LogP contribution in [0.1, 0.15) is 87.2 Å². The van der Waals surface area contributed by atoms with Gasteiger partial charge in [-0.15, -0.1) is 11.3 Å². The lowest BCUT2D eigenvalue weighted by molar-refractivity contribution is 0.419. The van der Waals surface area contributed by atoms with E-state index in [1.165, 1.54) is 80.9 Å². The van der Waals surface area contributed by atoms with Gasteiger partial charge in [-0.2, -0.15) is 0 Å². The number of aromatic nitrogens is 1. The molecule has 0 unspecified atom stereocenters. The average molecular weight is 425 g/mol. The number of para-hydroxylation sites is 1. The van der Waals surface area contributed by atoms with Crippen LogP contribution in [0.25, 0.3) is 10.2 Å². The molecule has 2 fully saturated rings. The Morgan fingerprint density at radius 3 is 1.76 bits per heavy atom. The Bertz CT molecular complexity index is 822. The van der Waals surface area contributed by atoms with Gasteiger partial charge in [0.05, 0.1) is 10.2 Å². The van der Waals surface area contributed by atoms with E-state index in [-0.39, 0.29) is 0 Å². The molecule has 0 spiro atoms. The smallest absolute Gasteiger partial charge is 0.165 e. The molecule has 0 amide bonds. The number of fused-ring (bicyclic) bond motifs is 1. The van der Waals surface area contributed by atoms with Crippen molar-refractivity contribution in [3.8, 4) is 0 Å². The molecule has 1 heterocycles. The van der Waals surface area contributed by atoms with Crippen LogP contribution in [0.2, 0.25) is 0 Å². The normalized spacial score (nSPS) is 18.4. The Balaban J connectivity index is 0.000000159. The lowest BCUT2D eigenvalue weighted by Crippen LogP contribution is -2.12. The molecule has 29 heavy (non-hydrogen) atoms. The molecule has 5 rings (SSSR count). The van der Waals surface area contributed by atoms with Crippen molar-refractivity contribution in [3.63, 3.8) is 0 Å². The van der Waals surface area contributed by atoms with E-state index < -0.39 is 0 Å². The first-order valence-electron chi connectivity index (χ1n) is 11.2. The van der Waals surface area contributed by atoms with Gasteiger partial charge >= 0.3 is 0 Å². The summed E-state index contributed by atoms with van der Waals surface area (Å²) in [6, 6.07) is 17.4. The van der Waals surface area contributed by atoms with E-state index in [2.05, 4.69) is 29.2 Å². The molecule has 0 atom stereocenters. The van der Waals surface area contributed by atoms with Gasteiger partial charge in [-0.25, -0.2) is 4.98 Å². The molecule has 4 heteroatoms. The first kappa shape index (κ1) is 20.9. The molecular formula is C25H32N2S2. The standard InChI is InChI=1S/C18H26.C7H6N2S2/c1-3-9-15(10-4-1)17-13-7-8-14-18(17)16-11-5-2-6-12-16;8-11-7-9-5-3-1-2-4-6(5)10-7/h7-8,13-16H,1-6,9-12H2;1-4H,8H2. The zero-order valence-corrected chi connectivity index (χ0v) is 18.8. The van der Waals surface area contributed by atoms with Crippen molar-refractivity contribution < 1.29 is 0 Å². The van der Waals surface area contributed by atoms with Gasteiger partial charge in [0.15, 0.2) is 4.34 Å². The summed E-state index contributed by atoms with van der Waals surface area (Å²) in [5.41, 5.74) is 4.46. The highest BCUT2D eigenvalue weighted by atomic mass is 32.2. The Labute approximate surface area is 183 Å². The third kappa shape index (κ3) is 5.42. The lowest BCUT2D eigenvalue weighted by atomic mass is 9.76. The van der Waals surface area contributed by atoms with E-state index in [0.717, 1.165) is 21.7 Å². The summed E-state index contributed by atoms with van der Waals surface area (Å²) in [5, 5.41) is 5.38. The van der Waals surface area contributed by atoms with Gasteiger partial charge in [0.2, 0.25) is 0 Å². The van der Waals surface area contributed by atoms with Crippen LogP contribution in [0, 0.1) is 0 Å². The number of nitrogens with zero attached hydrogens (tertiary/aromatic N) is 1. The lowest BCUT2D eigenvalue weighted by Gasteiger charge is -2.29. The molecule has 2 saturated carbocycles. The Hall–Kier alpha value is -1.36. The molecule has 2 N–H and O–H groups in total. The van der Waals surface area contributed by atoms with Crippen LogP contribution in [-0.4, -0.2) is 4.98 Å². The molecule has 1 aromatic heterocycles. The van der Waals surface area contributed by atoms with Crippen molar-refractivity contribution in [2.24, 2.45) is 5.14 Å². The van der Waals surface area contributed by atoms with Gasteiger partial charge in [0, 0.05) is 0 Å². The fraction of sp³-hybridized carbons (Fsp3) is 0.480. The van der Waals surface area contributed by atoms with E-state index in [0.29, 0.717) is 0 Å². The summed E-state index contributed by atoms with van der Waals surface area (Å²) in [4.78, 5) is 4.29. The SMILES string of the molecule is NSc1nc2ccccc2s1.c1ccc(C2CCCCC2)c(C2CCCCC2)c1. The third-order valence-electron chi connectivity index (χ3n) is 6.46. The van der Waals surface area contributed by atoms with E-state index in [1.807, 2.05) is 24.3 Å². The summed E-state index contributed by atoms with van der Waals surface area (Å²) in [6.07, 6.45) is 14.5. The minimum atomic E-state index is 0.872. The molecule has 0 saturated heterocycles. The van der Waals surface area contributed by atoms with Gasteiger partial charge in [-0.3, -0.25) is 5.14 Å². The van der Waals surface area contributed by atoms with Crippen LogP contribution in [0.4, 0.5) is 0 Å². The molecule has 2 aliphatic rings. The highest BCUT2D eigenvalue weighted by Gasteiger charge is 2.23. The largest absolute Gasteiger partial charge is 0.272 e. The van der Waals surface area contributed by atoms with Crippen molar-refractivity contribution in [2.45, 2.75) is 80.4 Å². The van der Waals surface area contributed by atoms with Crippen molar-refractivity contribution >= 4 is 33.5 Å². The molecule has 2 nitrogen and oxygen atoms in total. The highest BCUT2D eigenvalue weighted by molar-refractivity contribution is 7.99. The molecule has 154 valence electrons. The molecule has 2 aromatic carbocycles. The number of rotatable bonds is 3. The Morgan fingerprint density at radius 1 is 0.724 bits per heavy atom. The van der Waals surface area contributed by atoms with Crippen LogP contribution in [0.5, 0.6) is 0 Å². The first-order chi connectivity index (χ1) is 14.3. The highest BCUT2D eigenvalue weighted by Crippen LogP contribution is 2.40. The summed E-state index contributed by atoms with van der Waals surface area (Å²) >= 11 is 2.83. The summed E-state index contributed by atoms with van der Waals surface area (Å²) in [5.74, 6) is 1.74. The fourth-order valence-corrected chi connectivity index (χ4v) is 6.29. The molecule has 0 radical (unpaired) electrons. The van der Waals surface area contributed by atoms with Crippen molar-refractivity contribution in [3.05, 3.63) is 59.7 Å². The predicted octanol–water partition coefficient (Wildman–Crippen LogP) is 8.04. The van der Waals surface area contributed by atoms with Crippen molar-refractivity contribution in [2.75, 3.05) is 0 Å². The van der Waals surface area contributed by atoms with Crippen LogP contribution in [-0.2, 0) is 0 Å². The van der Waals surface area contributed by atoms with Gasteiger partial charge in [-0.05, 0) is 72.7 Å². The maximum Gasteiger partial charge on any atom is 0.165 e. The van der Waals surface area contributed by atoms with E-state index >= 15 is 0 Å². The van der Waals surface area contributed by atoms with Crippen LogP contribution in [0.15, 0.2) is 52.9 Å². The minimum absolute atomic E-state index is 0.872. The van der Waals surface area contributed by atoms with Crippen molar-refractivity contribution in [1.29, 1.82) is 0 Å². The van der Waals surface area contributed by atoms with Crippen molar-refractivity contribution in [1.82, 2.24) is 4.98 Å². The maximum atomic E-state index is 5.38. The second-order valence-electron chi connectivity index (χ2n) is 8.36. The number of hydrogen-bond donors (Lipinski definition) is 1. The summed E-state index contributed by atoms with van der Waals surface area (Å²) < 4.78 is 2.12. The Kier molecular flexibility index (Phi) is 7.64.